The second kappa shape index (κ2) is 8.13. The number of aryl methyl sites for hydroxylation is 3. The van der Waals surface area contributed by atoms with Crippen molar-refractivity contribution in [3.63, 3.8) is 0 Å². The molecule has 126 valence electrons. The molecule has 3 N–H and O–H groups in total. The first-order chi connectivity index (χ1) is 10.4. The van der Waals surface area contributed by atoms with Crippen molar-refractivity contribution in [3.8, 4) is 0 Å². The molecule has 6 heteroatoms. The zero-order valence-corrected chi connectivity index (χ0v) is 14.7. The summed E-state index contributed by atoms with van der Waals surface area (Å²) in [5.74, 6) is 0.615. The monoisotopic (exact) mass is 337 g/mol. The lowest BCUT2D eigenvalue weighted by Gasteiger charge is -2.18. The predicted octanol–water partition coefficient (Wildman–Crippen LogP) is 2.77. The summed E-state index contributed by atoms with van der Waals surface area (Å²) in [7, 11) is 0. The van der Waals surface area contributed by atoms with E-state index in [2.05, 4.69) is 10.5 Å². The van der Waals surface area contributed by atoms with E-state index in [4.69, 9.17) is 10.3 Å². The summed E-state index contributed by atoms with van der Waals surface area (Å²) >= 11 is 0. The number of nitrogens with one attached hydrogen (secondary N) is 1. The number of nitrogens with two attached hydrogens (primary N) is 1. The Balaban J connectivity index is 0.00000264. The van der Waals surface area contributed by atoms with Crippen molar-refractivity contribution in [1.82, 2.24) is 10.5 Å². The van der Waals surface area contributed by atoms with Gasteiger partial charge in [-0.05, 0) is 39.7 Å². The highest BCUT2D eigenvalue weighted by atomic mass is 35.5. The van der Waals surface area contributed by atoms with Crippen LogP contribution in [0.4, 0.5) is 0 Å². The molecule has 0 aliphatic carbocycles. The summed E-state index contributed by atoms with van der Waals surface area (Å²) in [5.41, 5.74) is 9.88. The maximum atomic E-state index is 12.3. The van der Waals surface area contributed by atoms with E-state index in [1.807, 2.05) is 52.0 Å². The number of rotatable bonds is 5. The van der Waals surface area contributed by atoms with E-state index in [0.29, 0.717) is 6.42 Å². The van der Waals surface area contributed by atoms with Crippen LogP contribution in [-0.2, 0) is 11.2 Å². The van der Waals surface area contributed by atoms with E-state index in [9.17, 15) is 4.79 Å². The summed E-state index contributed by atoms with van der Waals surface area (Å²) in [5, 5.41) is 6.88. The third-order valence-electron chi connectivity index (χ3n) is 3.80. The Morgan fingerprint density at radius 1 is 1.26 bits per heavy atom. The zero-order valence-electron chi connectivity index (χ0n) is 13.9. The predicted molar refractivity (Wildman–Crippen MR) is 92.6 cm³/mol. The Morgan fingerprint density at radius 2 is 1.87 bits per heavy atom. The van der Waals surface area contributed by atoms with Crippen molar-refractivity contribution in [2.45, 2.75) is 46.2 Å². The van der Waals surface area contributed by atoms with E-state index in [1.165, 1.54) is 0 Å². The Labute approximate surface area is 143 Å². The molecule has 2 atom stereocenters. The number of carbonyl (C=O) groups is 1. The molecule has 0 saturated carbocycles. The molecule has 5 nitrogen and oxygen atoms in total. The average Bonchev–Trinajstić information content (AvgIpc) is 2.79. The van der Waals surface area contributed by atoms with Crippen LogP contribution >= 0.6 is 12.4 Å². The number of halogens is 1. The molecule has 0 fully saturated rings. The first-order valence-corrected chi connectivity index (χ1v) is 7.42. The van der Waals surface area contributed by atoms with E-state index in [0.717, 1.165) is 28.1 Å². The first-order valence-electron chi connectivity index (χ1n) is 7.42. The van der Waals surface area contributed by atoms with E-state index >= 15 is 0 Å². The lowest BCUT2D eigenvalue weighted by Crippen LogP contribution is -2.40. The highest BCUT2D eigenvalue weighted by molar-refractivity contribution is 5.85. The molecule has 0 bridgehead atoms. The molecule has 1 aromatic heterocycles. The van der Waals surface area contributed by atoms with Crippen LogP contribution in [0.2, 0.25) is 0 Å². The lowest BCUT2D eigenvalue weighted by atomic mass is 10.0. The van der Waals surface area contributed by atoms with Crippen molar-refractivity contribution in [2.24, 2.45) is 5.73 Å². The minimum absolute atomic E-state index is 0. The maximum Gasteiger partial charge on any atom is 0.241 e. The molecule has 2 unspecified atom stereocenters. The summed E-state index contributed by atoms with van der Waals surface area (Å²) in [6.07, 6.45) is 0.674. The molecule has 0 aliphatic heterocycles. The van der Waals surface area contributed by atoms with Gasteiger partial charge in [-0.2, -0.15) is 0 Å². The van der Waals surface area contributed by atoms with E-state index in [1.54, 1.807) is 0 Å². The molecular weight excluding hydrogens is 314 g/mol. The van der Waals surface area contributed by atoms with Gasteiger partial charge in [0.15, 0.2) is 0 Å². The molecule has 0 spiro atoms. The zero-order chi connectivity index (χ0) is 16.3. The molecule has 0 radical (unpaired) electrons. The maximum absolute atomic E-state index is 12.3. The molecule has 1 heterocycles. The second-order valence-corrected chi connectivity index (χ2v) is 5.80. The Kier molecular flexibility index (Phi) is 6.79. The number of carbonyl (C=O) groups excluding carboxylic acids is 1. The number of aromatic nitrogens is 1. The largest absolute Gasteiger partial charge is 0.361 e. The summed E-state index contributed by atoms with van der Waals surface area (Å²) in [6, 6.07) is 6.98. The normalized spacial score (nSPS) is 13.1. The average molecular weight is 338 g/mol. The van der Waals surface area contributed by atoms with Crippen LogP contribution < -0.4 is 11.1 Å². The van der Waals surface area contributed by atoms with Crippen LogP contribution in [-0.4, -0.2) is 17.1 Å². The Hall–Kier alpha value is -1.85. The van der Waals surface area contributed by atoms with Crippen LogP contribution in [0.25, 0.3) is 0 Å². The molecule has 0 aliphatic rings. The third-order valence-corrected chi connectivity index (χ3v) is 3.80. The highest BCUT2D eigenvalue weighted by Crippen LogP contribution is 2.15. The van der Waals surface area contributed by atoms with Gasteiger partial charge in [0, 0.05) is 11.6 Å². The number of nitrogens with zero attached hydrogens (tertiary/aromatic N) is 1. The number of benzene rings is 1. The van der Waals surface area contributed by atoms with Gasteiger partial charge in [-0.25, -0.2) is 0 Å². The van der Waals surface area contributed by atoms with Crippen LogP contribution in [0, 0.1) is 20.8 Å². The fourth-order valence-corrected chi connectivity index (χ4v) is 2.41. The van der Waals surface area contributed by atoms with Crippen molar-refractivity contribution in [1.29, 1.82) is 0 Å². The van der Waals surface area contributed by atoms with Crippen molar-refractivity contribution in [2.75, 3.05) is 0 Å². The van der Waals surface area contributed by atoms with Gasteiger partial charge in [0.25, 0.3) is 0 Å². The van der Waals surface area contributed by atoms with Crippen LogP contribution in [0.1, 0.15) is 41.1 Å². The van der Waals surface area contributed by atoms with Crippen molar-refractivity contribution < 1.29 is 9.32 Å². The molecule has 2 rings (SSSR count). The SMILES string of the molecule is Cc1ccc(C(N)C(=O)NC(C)Cc2c(C)noc2C)cc1.Cl. The number of amides is 1. The number of hydrogen-bond donors (Lipinski definition) is 2. The Bertz CT molecular complexity index is 633. The van der Waals surface area contributed by atoms with Gasteiger partial charge in [-0.1, -0.05) is 35.0 Å². The molecule has 2 aromatic rings. The first kappa shape index (κ1) is 19.2. The van der Waals surface area contributed by atoms with E-state index < -0.39 is 6.04 Å². The second-order valence-electron chi connectivity index (χ2n) is 5.80. The van der Waals surface area contributed by atoms with Crippen molar-refractivity contribution in [3.05, 3.63) is 52.4 Å². The molecule has 0 saturated heterocycles. The smallest absolute Gasteiger partial charge is 0.241 e. The molecule has 1 amide bonds. The minimum atomic E-state index is -0.660. The molecular formula is C17H24ClN3O2. The van der Waals surface area contributed by atoms with Gasteiger partial charge in [-0.3, -0.25) is 4.79 Å². The molecule has 23 heavy (non-hydrogen) atoms. The standard InChI is InChI=1S/C17H23N3O2.ClH/c1-10-5-7-14(8-6-10)16(18)17(21)19-11(2)9-15-12(3)20-22-13(15)4;/h5-8,11,16H,9,18H2,1-4H3,(H,19,21);1H. The van der Waals surface area contributed by atoms with Gasteiger partial charge in [-0.15, -0.1) is 12.4 Å². The quantitative estimate of drug-likeness (QED) is 0.879. The van der Waals surface area contributed by atoms with E-state index in [-0.39, 0.29) is 24.4 Å². The fourth-order valence-electron chi connectivity index (χ4n) is 2.41. The van der Waals surface area contributed by atoms with Crippen LogP contribution in [0.5, 0.6) is 0 Å². The Morgan fingerprint density at radius 3 is 2.39 bits per heavy atom. The summed E-state index contributed by atoms with van der Waals surface area (Å²) < 4.78 is 5.14. The van der Waals surface area contributed by atoms with Crippen LogP contribution in [0.3, 0.4) is 0 Å². The van der Waals surface area contributed by atoms with Gasteiger partial charge < -0.3 is 15.6 Å². The number of hydrogen-bond acceptors (Lipinski definition) is 4. The third kappa shape index (κ3) is 4.81. The molecule has 1 aromatic carbocycles. The minimum Gasteiger partial charge on any atom is -0.361 e. The topological polar surface area (TPSA) is 81.2 Å². The summed E-state index contributed by atoms with van der Waals surface area (Å²) in [6.45, 7) is 7.73. The highest BCUT2D eigenvalue weighted by Gasteiger charge is 2.19. The van der Waals surface area contributed by atoms with Gasteiger partial charge in [0.05, 0.1) is 5.69 Å². The lowest BCUT2D eigenvalue weighted by molar-refractivity contribution is -0.123. The van der Waals surface area contributed by atoms with Crippen LogP contribution in [0.15, 0.2) is 28.8 Å². The summed E-state index contributed by atoms with van der Waals surface area (Å²) in [4.78, 5) is 12.3. The van der Waals surface area contributed by atoms with Gasteiger partial charge in [0.1, 0.15) is 11.8 Å². The van der Waals surface area contributed by atoms with Gasteiger partial charge >= 0.3 is 0 Å². The van der Waals surface area contributed by atoms with Crippen molar-refractivity contribution >= 4 is 18.3 Å². The van der Waals surface area contributed by atoms with Gasteiger partial charge in [0.2, 0.25) is 5.91 Å². The fraction of sp³-hybridized carbons (Fsp3) is 0.412.